The van der Waals surface area contributed by atoms with Crippen LogP contribution in [0.3, 0.4) is 0 Å². The number of carbonyl (C=O) groups excluding carboxylic acids is 2. The van der Waals surface area contributed by atoms with Crippen LogP contribution in [-0.2, 0) is 4.79 Å². The van der Waals surface area contributed by atoms with Crippen molar-refractivity contribution in [3.8, 4) is 0 Å². The second kappa shape index (κ2) is 7.30. The minimum absolute atomic E-state index is 0.00385. The van der Waals surface area contributed by atoms with Crippen molar-refractivity contribution < 1.29 is 19.1 Å². The summed E-state index contributed by atoms with van der Waals surface area (Å²) in [6, 6.07) is 4.22. The summed E-state index contributed by atoms with van der Waals surface area (Å²) in [4.78, 5) is 25.7. The molecule has 1 aromatic carbocycles. The van der Waals surface area contributed by atoms with Crippen LogP contribution in [0.4, 0.5) is 10.1 Å². The van der Waals surface area contributed by atoms with E-state index in [9.17, 15) is 19.1 Å². The molecule has 1 aliphatic heterocycles. The number of amides is 2. The van der Waals surface area contributed by atoms with Crippen molar-refractivity contribution in [2.45, 2.75) is 44.6 Å². The van der Waals surface area contributed by atoms with Gasteiger partial charge in [0.05, 0.1) is 11.7 Å². The quantitative estimate of drug-likeness (QED) is 0.887. The van der Waals surface area contributed by atoms with Crippen LogP contribution in [0.2, 0.25) is 0 Å². The van der Waals surface area contributed by atoms with Crippen molar-refractivity contribution >= 4 is 17.5 Å². The van der Waals surface area contributed by atoms with Gasteiger partial charge in [-0.2, -0.15) is 0 Å². The number of aliphatic hydroxyl groups is 1. The van der Waals surface area contributed by atoms with Gasteiger partial charge >= 0.3 is 0 Å². The Kier molecular flexibility index (Phi) is 5.14. The first-order chi connectivity index (χ1) is 11.5. The number of nitrogens with zero attached hydrogens (tertiary/aromatic N) is 1. The maximum Gasteiger partial charge on any atom is 0.254 e. The van der Waals surface area contributed by atoms with E-state index in [1.54, 1.807) is 4.90 Å². The summed E-state index contributed by atoms with van der Waals surface area (Å²) in [5.74, 6) is -0.833. The molecule has 1 saturated heterocycles. The number of carbonyl (C=O) groups is 2. The van der Waals surface area contributed by atoms with Gasteiger partial charge in [0.15, 0.2) is 0 Å². The average molecular weight is 334 g/mol. The topological polar surface area (TPSA) is 69.6 Å². The molecule has 1 aliphatic carbocycles. The van der Waals surface area contributed by atoms with Crippen molar-refractivity contribution in [2.75, 3.05) is 18.0 Å². The van der Waals surface area contributed by atoms with E-state index in [4.69, 9.17) is 0 Å². The van der Waals surface area contributed by atoms with E-state index in [-0.39, 0.29) is 23.5 Å². The molecular formula is C18H23FN2O3. The van der Waals surface area contributed by atoms with Crippen molar-refractivity contribution in [3.63, 3.8) is 0 Å². The second-order valence-corrected chi connectivity index (χ2v) is 6.71. The molecule has 2 fully saturated rings. The smallest absolute Gasteiger partial charge is 0.254 e. The lowest BCUT2D eigenvalue weighted by Crippen LogP contribution is -2.33. The standard InChI is InChI=1S/C18H23FN2O3/c19-16-7-6-13(21-8-2-5-17(21)23)10-15(16)18(24)20-11-12-3-1-4-14(22)9-12/h6-7,10,12,14,22H,1-5,8-9,11H2,(H,20,24). The van der Waals surface area contributed by atoms with Crippen LogP contribution < -0.4 is 10.2 Å². The number of hydrogen-bond acceptors (Lipinski definition) is 3. The van der Waals surface area contributed by atoms with Gasteiger partial charge in [-0.3, -0.25) is 9.59 Å². The fourth-order valence-corrected chi connectivity index (χ4v) is 3.56. The van der Waals surface area contributed by atoms with E-state index in [0.29, 0.717) is 31.6 Å². The monoisotopic (exact) mass is 334 g/mol. The summed E-state index contributed by atoms with van der Waals surface area (Å²) in [6.07, 6.45) is 4.35. The molecular weight excluding hydrogens is 311 g/mol. The highest BCUT2D eigenvalue weighted by Crippen LogP contribution is 2.25. The Morgan fingerprint density at radius 3 is 2.88 bits per heavy atom. The number of nitrogens with one attached hydrogen (secondary N) is 1. The molecule has 2 N–H and O–H groups in total. The zero-order valence-electron chi connectivity index (χ0n) is 13.6. The lowest BCUT2D eigenvalue weighted by Gasteiger charge is -2.26. The van der Waals surface area contributed by atoms with Gasteiger partial charge in [-0.1, -0.05) is 6.42 Å². The van der Waals surface area contributed by atoms with Crippen LogP contribution >= 0.6 is 0 Å². The molecule has 6 heteroatoms. The van der Waals surface area contributed by atoms with Crippen molar-refractivity contribution in [2.24, 2.45) is 5.92 Å². The van der Waals surface area contributed by atoms with E-state index in [1.165, 1.54) is 18.2 Å². The van der Waals surface area contributed by atoms with E-state index < -0.39 is 11.7 Å². The van der Waals surface area contributed by atoms with Crippen molar-refractivity contribution in [1.82, 2.24) is 5.32 Å². The zero-order valence-corrected chi connectivity index (χ0v) is 13.6. The van der Waals surface area contributed by atoms with Crippen molar-refractivity contribution in [3.05, 3.63) is 29.6 Å². The molecule has 0 spiro atoms. The van der Waals surface area contributed by atoms with Gasteiger partial charge < -0.3 is 15.3 Å². The van der Waals surface area contributed by atoms with Crippen LogP contribution in [0, 0.1) is 11.7 Å². The van der Waals surface area contributed by atoms with Gasteiger partial charge in [0.2, 0.25) is 5.91 Å². The normalized spacial score (nSPS) is 24.2. The number of hydrogen-bond donors (Lipinski definition) is 2. The molecule has 1 saturated carbocycles. The van der Waals surface area contributed by atoms with Crippen LogP contribution in [0.25, 0.3) is 0 Å². The number of rotatable bonds is 4. The van der Waals surface area contributed by atoms with Gasteiger partial charge in [-0.05, 0) is 49.8 Å². The Bertz CT molecular complexity index is 635. The molecule has 1 heterocycles. The molecule has 1 aromatic rings. The second-order valence-electron chi connectivity index (χ2n) is 6.71. The third kappa shape index (κ3) is 3.75. The highest BCUT2D eigenvalue weighted by Gasteiger charge is 2.24. The summed E-state index contributed by atoms with van der Waals surface area (Å²) in [7, 11) is 0. The Morgan fingerprint density at radius 2 is 2.17 bits per heavy atom. The van der Waals surface area contributed by atoms with Gasteiger partial charge in [-0.15, -0.1) is 0 Å². The summed E-state index contributed by atoms with van der Waals surface area (Å²) in [6.45, 7) is 1.04. The highest BCUT2D eigenvalue weighted by atomic mass is 19.1. The van der Waals surface area contributed by atoms with Gasteiger partial charge in [-0.25, -0.2) is 4.39 Å². The van der Waals surface area contributed by atoms with Gasteiger partial charge in [0.1, 0.15) is 5.82 Å². The predicted octanol–water partition coefficient (Wildman–Crippen LogP) is 2.23. The Hall–Kier alpha value is -1.95. The first kappa shape index (κ1) is 16.9. The maximum absolute atomic E-state index is 14.0. The number of anilines is 1. The molecule has 0 radical (unpaired) electrons. The molecule has 2 atom stereocenters. The molecule has 0 aromatic heterocycles. The van der Waals surface area contributed by atoms with Gasteiger partial charge in [0.25, 0.3) is 5.91 Å². The largest absolute Gasteiger partial charge is 0.393 e. The summed E-state index contributed by atoms with van der Waals surface area (Å²) in [5, 5.41) is 12.4. The first-order valence-electron chi connectivity index (χ1n) is 8.61. The van der Waals surface area contributed by atoms with E-state index in [1.807, 2.05) is 0 Å². The fourth-order valence-electron chi connectivity index (χ4n) is 3.56. The van der Waals surface area contributed by atoms with Crippen LogP contribution in [0.1, 0.15) is 48.9 Å². The molecule has 130 valence electrons. The molecule has 3 rings (SSSR count). The molecule has 5 nitrogen and oxygen atoms in total. The van der Waals surface area contributed by atoms with Gasteiger partial charge in [0, 0.05) is 25.2 Å². The summed E-state index contributed by atoms with van der Waals surface area (Å²) < 4.78 is 14.0. The number of benzene rings is 1. The Morgan fingerprint density at radius 1 is 1.33 bits per heavy atom. The lowest BCUT2D eigenvalue weighted by molar-refractivity contribution is -0.117. The van der Waals surface area contributed by atoms with Crippen LogP contribution in [0.15, 0.2) is 18.2 Å². The molecule has 24 heavy (non-hydrogen) atoms. The fraction of sp³-hybridized carbons (Fsp3) is 0.556. The first-order valence-corrected chi connectivity index (χ1v) is 8.61. The maximum atomic E-state index is 14.0. The van der Waals surface area contributed by atoms with E-state index in [2.05, 4.69) is 5.32 Å². The lowest BCUT2D eigenvalue weighted by atomic mass is 9.87. The molecule has 2 unspecified atom stereocenters. The SMILES string of the molecule is O=C(NCC1CCCC(O)C1)c1cc(N2CCCC2=O)ccc1F. The van der Waals surface area contributed by atoms with E-state index >= 15 is 0 Å². The van der Waals surface area contributed by atoms with Crippen LogP contribution in [-0.4, -0.2) is 36.1 Å². The molecule has 2 aliphatic rings. The van der Waals surface area contributed by atoms with Crippen LogP contribution in [0.5, 0.6) is 0 Å². The summed E-state index contributed by atoms with van der Waals surface area (Å²) >= 11 is 0. The minimum Gasteiger partial charge on any atom is -0.393 e. The Labute approximate surface area is 140 Å². The Balaban J connectivity index is 1.66. The highest BCUT2D eigenvalue weighted by molar-refractivity contribution is 5.99. The van der Waals surface area contributed by atoms with E-state index in [0.717, 1.165) is 25.7 Å². The third-order valence-corrected chi connectivity index (χ3v) is 4.89. The summed E-state index contributed by atoms with van der Waals surface area (Å²) in [5.41, 5.74) is 0.528. The van der Waals surface area contributed by atoms with Crippen molar-refractivity contribution in [1.29, 1.82) is 0 Å². The third-order valence-electron chi connectivity index (χ3n) is 4.89. The average Bonchev–Trinajstić information content (AvgIpc) is 2.99. The predicted molar refractivity (Wildman–Crippen MR) is 88.3 cm³/mol. The number of halogens is 1. The molecule has 0 bridgehead atoms. The molecule has 2 amide bonds. The minimum atomic E-state index is -0.591. The zero-order chi connectivity index (χ0) is 17.1. The number of aliphatic hydroxyl groups excluding tert-OH is 1.